The number of hydrogen-bond donors (Lipinski definition) is 0. The van der Waals surface area contributed by atoms with Crippen molar-refractivity contribution in [2.75, 3.05) is 0 Å². The van der Waals surface area contributed by atoms with E-state index in [0.717, 1.165) is 37.0 Å². The maximum absolute atomic E-state index is 12.8. The van der Waals surface area contributed by atoms with Gasteiger partial charge in [0.2, 0.25) is 0 Å². The average Bonchev–Trinajstić information content (AvgIpc) is 2.40. The van der Waals surface area contributed by atoms with Crippen LogP contribution in [-0.4, -0.2) is 10.7 Å². The van der Waals surface area contributed by atoms with Crippen molar-refractivity contribution < 1.29 is 9.63 Å². The molecule has 0 spiro atoms. The zero-order valence-electron chi connectivity index (χ0n) is 11.8. The Morgan fingerprint density at radius 2 is 1.81 bits per heavy atom. The highest BCUT2D eigenvalue weighted by molar-refractivity contribution is 7.71. The molecule has 0 atom stereocenters. The van der Waals surface area contributed by atoms with E-state index in [1.807, 2.05) is 0 Å². The highest BCUT2D eigenvalue weighted by Crippen LogP contribution is 2.60. The van der Waals surface area contributed by atoms with E-state index < -0.39 is 0 Å². The summed E-state index contributed by atoms with van der Waals surface area (Å²) in [6, 6.07) is 3.31. The van der Waals surface area contributed by atoms with Gasteiger partial charge in [-0.15, -0.1) is 0 Å². The van der Waals surface area contributed by atoms with Gasteiger partial charge in [-0.05, 0) is 68.4 Å². The number of rotatable bonds is 2. The Labute approximate surface area is 134 Å². The first kappa shape index (κ1) is 13.8. The number of pyridine rings is 1. The lowest BCUT2D eigenvalue weighted by Gasteiger charge is -2.54. The molecule has 4 fully saturated rings. The van der Waals surface area contributed by atoms with Crippen LogP contribution in [-0.2, 0) is 4.79 Å². The number of aromatic nitrogens is 1. The molecule has 4 saturated carbocycles. The average molecular weight is 324 g/mol. The maximum atomic E-state index is 12.8. The van der Waals surface area contributed by atoms with Gasteiger partial charge in [0.25, 0.3) is 0 Å². The molecule has 1 heterocycles. The lowest BCUT2D eigenvalue weighted by molar-refractivity contribution is -0.172. The standard InChI is InChI=1S/C16H18ClNO2S/c17-13-1-2-18(14(21)6-13)20-15(19)16-7-10-3-11(8-16)5-12(4-10)9-16/h1-2,6,10-12H,3-5,7-9H2. The normalized spacial score (nSPS) is 36.7. The molecule has 1 aromatic heterocycles. The van der Waals surface area contributed by atoms with E-state index in [1.54, 1.807) is 18.3 Å². The van der Waals surface area contributed by atoms with Gasteiger partial charge in [-0.1, -0.05) is 23.8 Å². The fraction of sp³-hybridized carbons (Fsp3) is 0.625. The van der Waals surface area contributed by atoms with Gasteiger partial charge in [0, 0.05) is 11.2 Å². The highest BCUT2D eigenvalue weighted by Gasteiger charge is 2.55. The minimum Gasteiger partial charge on any atom is -0.335 e. The molecule has 0 aromatic carbocycles. The number of carbonyl (C=O) groups excluding carboxylic acids is 1. The van der Waals surface area contributed by atoms with Gasteiger partial charge in [-0.25, -0.2) is 4.79 Å². The largest absolute Gasteiger partial charge is 0.339 e. The predicted octanol–water partition coefficient (Wildman–Crippen LogP) is 4.04. The van der Waals surface area contributed by atoms with Crippen molar-refractivity contribution >= 4 is 29.8 Å². The van der Waals surface area contributed by atoms with E-state index >= 15 is 0 Å². The second kappa shape index (κ2) is 4.82. The van der Waals surface area contributed by atoms with Gasteiger partial charge in [-0.2, -0.15) is 4.73 Å². The van der Waals surface area contributed by atoms with Crippen LogP contribution in [0.2, 0.25) is 5.02 Å². The first-order valence-corrected chi connectivity index (χ1v) is 8.44. The fourth-order valence-electron chi connectivity index (χ4n) is 5.06. The predicted molar refractivity (Wildman–Crippen MR) is 82.5 cm³/mol. The molecule has 5 heteroatoms. The van der Waals surface area contributed by atoms with Crippen molar-refractivity contribution in [2.45, 2.75) is 38.5 Å². The second-order valence-corrected chi connectivity index (χ2v) is 7.94. The third kappa shape index (κ3) is 2.33. The summed E-state index contributed by atoms with van der Waals surface area (Å²) >= 11 is 11.1. The van der Waals surface area contributed by atoms with Crippen molar-refractivity contribution in [2.24, 2.45) is 23.2 Å². The smallest absolute Gasteiger partial charge is 0.335 e. The Kier molecular flexibility index (Phi) is 3.16. The molecule has 0 N–H and O–H groups in total. The van der Waals surface area contributed by atoms with Crippen LogP contribution in [0.3, 0.4) is 0 Å². The first-order valence-electron chi connectivity index (χ1n) is 7.65. The van der Waals surface area contributed by atoms with Crippen LogP contribution in [0.1, 0.15) is 38.5 Å². The molecule has 0 saturated heterocycles. The first-order chi connectivity index (χ1) is 10.0. The minimum atomic E-state index is -0.261. The summed E-state index contributed by atoms with van der Waals surface area (Å²) in [5.41, 5.74) is -0.261. The third-order valence-corrected chi connectivity index (χ3v) is 6.03. The van der Waals surface area contributed by atoms with Crippen molar-refractivity contribution in [3.05, 3.63) is 28.0 Å². The molecule has 0 amide bonds. The summed E-state index contributed by atoms with van der Waals surface area (Å²) < 4.78 is 1.81. The Hall–Kier alpha value is -0.870. The van der Waals surface area contributed by atoms with Crippen LogP contribution in [0.5, 0.6) is 0 Å². The van der Waals surface area contributed by atoms with Gasteiger partial charge in [-0.3, -0.25) is 0 Å². The van der Waals surface area contributed by atoms with Crippen molar-refractivity contribution in [3.8, 4) is 0 Å². The number of hydrogen-bond acceptors (Lipinski definition) is 3. The van der Waals surface area contributed by atoms with Gasteiger partial charge >= 0.3 is 5.97 Å². The molecule has 5 rings (SSSR count). The van der Waals surface area contributed by atoms with Crippen molar-refractivity contribution in [1.82, 2.24) is 4.73 Å². The van der Waals surface area contributed by atoms with Gasteiger partial charge in [0.1, 0.15) is 4.64 Å². The minimum absolute atomic E-state index is 0.0972. The zero-order chi connectivity index (χ0) is 14.6. The van der Waals surface area contributed by atoms with Gasteiger partial charge in [0.15, 0.2) is 0 Å². The van der Waals surface area contributed by atoms with E-state index in [4.69, 9.17) is 28.7 Å². The van der Waals surface area contributed by atoms with Gasteiger partial charge in [0.05, 0.1) is 5.41 Å². The summed E-state index contributed by atoms with van der Waals surface area (Å²) in [5, 5.41) is 0.558. The van der Waals surface area contributed by atoms with Crippen LogP contribution in [0.25, 0.3) is 0 Å². The molecule has 4 aliphatic rings. The Bertz CT molecular complexity index is 619. The number of carbonyl (C=O) groups is 1. The Morgan fingerprint density at radius 1 is 1.24 bits per heavy atom. The SMILES string of the molecule is O=C(On1ccc(Cl)cc1=S)C12CC3CC(CC(C3)C1)C2. The van der Waals surface area contributed by atoms with E-state index in [2.05, 4.69) is 0 Å². The van der Waals surface area contributed by atoms with E-state index in [9.17, 15) is 4.79 Å². The summed E-state index contributed by atoms with van der Waals surface area (Å²) in [6.45, 7) is 0. The summed E-state index contributed by atoms with van der Waals surface area (Å²) in [5.74, 6) is 2.07. The van der Waals surface area contributed by atoms with E-state index in [0.29, 0.717) is 9.66 Å². The topological polar surface area (TPSA) is 31.2 Å². The zero-order valence-corrected chi connectivity index (χ0v) is 13.3. The molecule has 4 aliphatic carbocycles. The van der Waals surface area contributed by atoms with Crippen LogP contribution in [0, 0.1) is 27.8 Å². The molecule has 112 valence electrons. The third-order valence-electron chi connectivity index (χ3n) is 5.50. The van der Waals surface area contributed by atoms with Crippen molar-refractivity contribution in [1.29, 1.82) is 0 Å². The van der Waals surface area contributed by atoms with Gasteiger partial charge < -0.3 is 4.84 Å². The summed E-state index contributed by atoms with van der Waals surface area (Å²) in [4.78, 5) is 18.4. The quantitative estimate of drug-likeness (QED) is 0.770. The molecule has 0 unspecified atom stereocenters. The molecule has 4 bridgehead atoms. The fourth-order valence-corrected chi connectivity index (χ4v) is 5.51. The summed E-state index contributed by atoms with van der Waals surface area (Å²) in [7, 11) is 0. The second-order valence-electron chi connectivity index (χ2n) is 7.09. The lowest BCUT2D eigenvalue weighted by atomic mass is 9.49. The Balaban J connectivity index is 1.59. The van der Waals surface area contributed by atoms with E-state index in [1.165, 1.54) is 24.0 Å². The van der Waals surface area contributed by atoms with Crippen LogP contribution in [0.15, 0.2) is 18.3 Å². The van der Waals surface area contributed by atoms with Crippen molar-refractivity contribution in [3.63, 3.8) is 0 Å². The number of halogens is 1. The van der Waals surface area contributed by atoms with Crippen LogP contribution < -0.4 is 4.84 Å². The number of nitrogens with zero attached hydrogens (tertiary/aromatic N) is 1. The molecular weight excluding hydrogens is 306 g/mol. The molecule has 1 aromatic rings. The molecule has 3 nitrogen and oxygen atoms in total. The monoisotopic (exact) mass is 323 g/mol. The van der Waals surface area contributed by atoms with Crippen LogP contribution >= 0.6 is 23.8 Å². The molecular formula is C16H18ClNO2S. The molecule has 21 heavy (non-hydrogen) atoms. The molecule has 0 radical (unpaired) electrons. The lowest BCUT2D eigenvalue weighted by Crippen LogP contribution is -2.52. The molecule has 0 aliphatic heterocycles. The summed E-state index contributed by atoms with van der Waals surface area (Å²) in [6.07, 6.45) is 8.56. The maximum Gasteiger partial charge on any atom is 0.339 e. The highest BCUT2D eigenvalue weighted by atomic mass is 35.5. The van der Waals surface area contributed by atoms with E-state index in [-0.39, 0.29) is 11.4 Å². The van der Waals surface area contributed by atoms with Crippen LogP contribution in [0.4, 0.5) is 0 Å². The Morgan fingerprint density at radius 3 is 2.33 bits per heavy atom.